The summed E-state index contributed by atoms with van der Waals surface area (Å²) in [7, 11) is 0. The molecule has 0 atom stereocenters. The lowest BCUT2D eigenvalue weighted by Gasteiger charge is -2.06. The summed E-state index contributed by atoms with van der Waals surface area (Å²) in [5.74, 6) is 1.18. The second kappa shape index (κ2) is 4.75. The SMILES string of the molecule is CC(C)n1ccc(Nc2ncc(C#N)cc2N)n1. The maximum absolute atomic E-state index is 8.73. The highest BCUT2D eigenvalue weighted by atomic mass is 15.3. The minimum absolute atomic E-state index is 0.298. The lowest BCUT2D eigenvalue weighted by molar-refractivity contribution is 0.534. The van der Waals surface area contributed by atoms with E-state index in [0.29, 0.717) is 28.9 Å². The molecule has 0 radical (unpaired) electrons. The minimum Gasteiger partial charge on any atom is -0.396 e. The first-order valence-corrected chi connectivity index (χ1v) is 5.58. The van der Waals surface area contributed by atoms with Crippen molar-refractivity contribution in [3.63, 3.8) is 0 Å². The maximum Gasteiger partial charge on any atom is 0.154 e. The Balaban J connectivity index is 2.21. The third kappa shape index (κ3) is 2.40. The lowest BCUT2D eigenvalue weighted by atomic mass is 10.3. The van der Waals surface area contributed by atoms with Gasteiger partial charge in [0.05, 0.1) is 11.3 Å². The number of rotatable bonds is 3. The predicted molar refractivity (Wildman–Crippen MR) is 69.3 cm³/mol. The van der Waals surface area contributed by atoms with Gasteiger partial charge in [-0.1, -0.05) is 0 Å². The van der Waals surface area contributed by atoms with Crippen molar-refractivity contribution in [2.45, 2.75) is 19.9 Å². The van der Waals surface area contributed by atoms with Crippen LogP contribution in [0, 0.1) is 11.3 Å². The van der Waals surface area contributed by atoms with Crippen LogP contribution in [0.25, 0.3) is 0 Å². The van der Waals surface area contributed by atoms with Crippen LogP contribution in [0.1, 0.15) is 25.5 Å². The summed E-state index contributed by atoms with van der Waals surface area (Å²) in [6.07, 6.45) is 3.35. The van der Waals surface area contributed by atoms with E-state index in [4.69, 9.17) is 11.0 Å². The topological polar surface area (TPSA) is 92.5 Å². The summed E-state index contributed by atoms with van der Waals surface area (Å²) in [5.41, 5.74) is 6.66. The van der Waals surface area contributed by atoms with Crippen molar-refractivity contribution < 1.29 is 0 Å². The van der Waals surface area contributed by atoms with Crippen LogP contribution in [0.4, 0.5) is 17.3 Å². The van der Waals surface area contributed by atoms with Crippen molar-refractivity contribution in [3.05, 3.63) is 30.1 Å². The maximum atomic E-state index is 8.73. The molecule has 6 nitrogen and oxygen atoms in total. The van der Waals surface area contributed by atoms with Gasteiger partial charge >= 0.3 is 0 Å². The highest BCUT2D eigenvalue weighted by molar-refractivity contribution is 5.68. The van der Waals surface area contributed by atoms with E-state index >= 15 is 0 Å². The zero-order valence-corrected chi connectivity index (χ0v) is 10.3. The predicted octanol–water partition coefficient (Wildman–Crippen LogP) is 2.06. The highest BCUT2D eigenvalue weighted by Crippen LogP contribution is 2.20. The number of nitrogens with one attached hydrogen (secondary N) is 1. The molecule has 0 aliphatic rings. The number of nitriles is 1. The molecule has 0 bridgehead atoms. The van der Waals surface area contributed by atoms with Crippen LogP contribution >= 0.6 is 0 Å². The fourth-order valence-corrected chi connectivity index (χ4v) is 1.46. The number of nitrogen functional groups attached to an aromatic ring is 1. The van der Waals surface area contributed by atoms with Gasteiger partial charge in [-0.05, 0) is 19.9 Å². The second-order valence-electron chi connectivity index (χ2n) is 4.17. The Bertz CT molecular complexity index is 593. The van der Waals surface area contributed by atoms with Crippen molar-refractivity contribution in [2.75, 3.05) is 11.1 Å². The molecule has 0 aromatic carbocycles. The molecule has 2 aromatic rings. The quantitative estimate of drug-likeness (QED) is 0.859. The number of hydrogen-bond acceptors (Lipinski definition) is 5. The van der Waals surface area contributed by atoms with E-state index in [9.17, 15) is 0 Å². The van der Waals surface area contributed by atoms with Gasteiger partial charge in [0.2, 0.25) is 0 Å². The molecule has 3 N–H and O–H groups in total. The molecule has 0 saturated heterocycles. The van der Waals surface area contributed by atoms with Crippen molar-refractivity contribution in [1.29, 1.82) is 5.26 Å². The van der Waals surface area contributed by atoms with Crippen LogP contribution in [-0.4, -0.2) is 14.8 Å². The number of nitrogens with zero attached hydrogens (tertiary/aromatic N) is 4. The van der Waals surface area contributed by atoms with Gasteiger partial charge in [-0.25, -0.2) is 4.98 Å². The molecular formula is C12H14N6. The molecule has 0 amide bonds. The number of hydrogen-bond donors (Lipinski definition) is 2. The van der Waals surface area contributed by atoms with E-state index in [1.807, 2.05) is 36.9 Å². The summed E-state index contributed by atoms with van der Waals surface area (Å²) >= 11 is 0. The molecule has 0 aliphatic heterocycles. The largest absolute Gasteiger partial charge is 0.396 e. The smallest absolute Gasteiger partial charge is 0.154 e. The zero-order valence-electron chi connectivity index (χ0n) is 10.3. The third-order valence-corrected chi connectivity index (χ3v) is 2.43. The number of pyridine rings is 1. The first-order chi connectivity index (χ1) is 8.60. The van der Waals surface area contributed by atoms with Gasteiger partial charge in [-0.3, -0.25) is 4.68 Å². The average molecular weight is 242 g/mol. The standard InChI is InChI=1S/C12H14N6/c1-8(2)18-4-3-11(17-18)16-12-10(14)5-9(6-13)7-15-12/h3-5,7-8H,14H2,1-2H3,(H,15,16,17). The van der Waals surface area contributed by atoms with Gasteiger partial charge in [0, 0.05) is 24.5 Å². The first-order valence-electron chi connectivity index (χ1n) is 5.58. The highest BCUT2D eigenvalue weighted by Gasteiger charge is 2.06. The molecule has 92 valence electrons. The fraction of sp³-hybridized carbons (Fsp3) is 0.250. The molecular weight excluding hydrogens is 228 g/mol. The van der Waals surface area contributed by atoms with Crippen molar-refractivity contribution in [1.82, 2.24) is 14.8 Å². The van der Waals surface area contributed by atoms with Crippen molar-refractivity contribution in [3.8, 4) is 6.07 Å². The van der Waals surface area contributed by atoms with E-state index < -0.39 is 0 Å². The number of nitrogens with two attached hydrogens (primary N) is 1. The summed E-state index contributed by atoms with van der Waals surface area (Å²) in [6, 6.07) is 5.71. The average Bonchev–Trinajstić information content (AvgIpc) is 2.80. The normalized spacial score (nSPS) is 10.3. The minimum atomic E-state index is 0.298. The Morgan fingerprint density at radius 2 is 2.28 bits per heavy atom. The van der Waals surface area contributed by atoms with Gasteiger partial charge in [0.25, 0.3) is 0 Å². The first kappa shape index (κ1) is 11.9. The van der Waals surface area contributed by atoms with Gasteiger partial charge in [-0.2, -0.15) is 10.4 Å². The Morgan fingerprint density at radius 1 is 1.50 bits per heavy atom. The third-order valence-electron chi connectivity index (χ3n) is 2.43. The molecule has 0 unspecified atom stereocenters. The van der Waals surface area contributed by atoms with Gasteiger partial charge in [-0.15, -0.1) is 0 Å². The van der Waals surface area contributed by atoms with E-state index in [-0.39, 0.29) is 0 Å². The summed E-state index contributed by atoms with van der Waals surface area (Å²) in [4.78, 5) is 4.09. The molecule has 2 heterocycles. The summed E-state index contributed by atoms with van der Waals surface area (Å²) in [5, 5.41) is 16.1. The number of aromatic nitrogens is 3. The summed E-state index contributed by atoms with van der Waals surface area (Å²) < 4.78 is 1.84. The van der Waals surface area contributed by atoms with E-state index in [1.54, 1.807) is 6.07 Å². The van der Waals surface area contributed by atoms with Crippen LogP contribution in [0.3, 0.4) is 0 Å². The molecule has 0 aliphatic carbocycles. The molecule has 2 aromatic heterocycles. The Labute approximate surface area is 105 Å². The monoisotopic (exact) mass is 242 g/mol. The van der Waals surface area contributed by atoms with E-state index in [0.717, 1.165) is 0 Å². The molecule has 0 saturated carbocycles. The van der Waals surface area contributed by atoms with Crippen LogP contribution in [-0.2, 0) is 0 Å². The molecule has 2 rings (SSSR count). The van der Waals surface area contributed by atoms with Crippen LogP contribution < -0.4 is 11.1 Å². The second-order valence-corrected chi connectivity index (χ2v) is 4.17. The van der Waals surface area contributed by atoms with E-state index in [2.05, 4.69) is 15.4 Å². The number of anilines is 3. The molecule has 18 heavy (non-hydrogen) atoms. The Morgan fingerprint density at radius 3 is 2.83 bits per heavy atom. The molecule has 0 fully saturated rings. The van der Waals surface area contributed by atoms with Crippen LogP contribution in [0.5, 0.6) is 0 Å². The molecule has 6 heteroatoms. The zero-order chi connectivity index (χ0) is 13.1. The van der Waals surface area contributed by atoms with Crippen molar-refractivity contribution >= 4 is 17.3 Å². The van der Waals surface area contributed by atoms with Gasteiger partial charge < -0.3 is 11.1 Å². The Hall–Kier alpha value is -2.55. The van der Waals surface area contributed by atoms with Crippen molar-refractivity contribution in [2.24, 2.45) is 0 Å². The fourth-order valence-electron chi connectivity index (χ4n) is 1.46. The molecule has 0 spiro atoms. The summed E-state index contributed by atoms with van der Waals surface area (Å²) in [6.45, 7) is 4.09. The Kier molecular flexibility index (Phi) is 3.15. The lowest BCUT2D eigenvalue weighted by Crippen LogP contribution is -2.03. The van der Waals surface area contributed by atoms with Gasteiger partial charge in [0.1, 0.15) is 6.07 Å². The van der Waals surface area contributed by atoms with Crippen LogP contribution in [0.2, 0.25) is 0 Å². The van der Waals surface area contributed by atoms with Gasteiger partial charge in [0.15, 0.2) is 11.6 Å². The van der Waals surface area contributed by atoms with Crippen LogP contribution in [0.15, 0.2) is 24.5 Å². The van der Waals surface area contributed by atoms with E-state index in [1.165, 1.54) is 6.20 Å².